The van der Waals surface area contributed by atoms with Gasteiger partial charge in [0.05, 0.1) is 11.4 Å². The summed E-state index contributed by atoms with van der Waals surface area (Å²) in [7, 11) is 0. The van der Waals surface area contributed by atoms with Gasteiger partial charge in [0.15, 0.2) is 0 Å². The number of rotatable bonds is 5. The molecule has 0 saturated carbocycles. The molecule has 0 aliphatic rings. The Labute approximate surface area is 139 Å². The standard InChI is InChI=1S/C21H24N2/c1-7-9-18-12-19(14(2)3)13-22-21(18)17(6)23-20-11-8-10-15(4)16(20)5/h7-13,23H,2,6H2,1,3-5H3/b9-7-. The van der Waals surface area contributed by atoms with Crippen molar-refractivity contribution in [2.45, 2.75) is 27.7 Å². The van der Waals surface area contributed by atoms with Gasteiger partial charge in [-0.2, -0.15) is 0 Å². The number of nitrogens with zero attached hydrogens (tertiary/aromatic N) is 1. The van der Waals surface area contributed by atoms with E-state index in [1.807, 2.05) is 38.3 Å². The Morgan fingerprint density at radius 3 is 2.61 bits per heavy atom. The molecule has 118 valence electrons. The second kappa shape index (κ2) is 7.10. The van der Waals surface area contributed by atoms with Crippen LogP contribution < -0.4 is 5.32 Å². The van der Waals surface area contributed by atoms with E-state index in [-0.39, 0.29) is 0 Å². The maximum absolute atomic E-state index is 4.59. The van der Waals surface area contributed by atoms with Crippen LogP contribution >= 0.6 is 0 Å². The van der Waals surface area contributed by atoms with Crippen LogP contribution in [0.2, 0.25) is 0 Å². The summed E-state index contributed by atoms with van der Waals surface area (Å²) < 4.78 is 0. The SMILES string of the molecule is C=C(C)c1cnc(C(=C)Nc2cccc(C)c2C)c(/C=C\C)c1. The van der Waals surface area contributed by atoms with Crippen molar-refractivity contribution in [1.82, 2.24) is 4.98 Å². The van der Waals surface area contributed by atoms with Crippen LogP contribution in [0.3, 0.4) is 0 Å². The van der Waals surface area contributed by atoms with E-state index < -0.39 is 0 Å². The zero-order valence-electron chi connectivity index (χ0n) is 14.4. The van der Waals surface area contributed by atoms with Crippen molar-refractivity contribution >= 4 is 23.0 Å². The Morgan fingerprint density at radius 1 is 1.22 bits per heavy atom. The van der Waals surface area contributed by atoms with E-state index in [2.05, 4.69) is 55.5 Å². The molecule has 0 unspecified atom stereocenters. The molecule has 0 radical (unpaired) electrons. The third-order valence-corrected chi connectivity index (χ3v) is 3.93. The Morgan fingerprint density at radius 2 is 1.96 bits per heavy atom. The van der Waals surface area contributed by atoms with Crippen LogP contribution in [0.1, 0.15) is 41.8 Å². The third kappa shape index (κ3) is 3.78. The highest BCUT2D eigenvalue weighted by atomic mass is 14.9. The van der Waals surface area contributed by atoms with E-state index in [0.29, 0.717) is 0 Å². The van der Waals surface area contributed by atoms with Crippen LogP contribution in [0.25, 0.3) is 17.3 Å². The molecular weight excluding hydrogens is 280 g/mol. The molecule has 0 saturated heterocycles. The zero-order chi connectivity index (χ0) is 17.0. The highest BCUT2D eigenvalue weighted by molar-refractivity contribution is 5.80. The van der Waals surface area contributed by atoms with Crippen molar-refractivity contribution < 1.29 is 0 Å². The number of hydrogen-bond donors (Lipinski definition) is 1. The first kappa shape index (κ1) is 16.8. The first-order valence-electron chi connectivity index (χ1n) is 7.75. The van der Waals surface area contributed by atoms with Gasteiger partial charge in [-0.1, -0.05) is 37.4 Å². The molecule has 0 aliphatic heterocycles. The highest BCUT2D eigenvalue weighted by Gasteiger charge is 2.09. The van der Waals surface area contributed by atoms with Gasteiger partial charge in [0, 0.05) is 17.4 Å². The minimum absolute atomic E-state index is 0.792. The average Bonchev–Trinajstić information content (AvgIpc) is 2.52. The summed E-state index contributed by atoms with van der Waals surface area (Å²) in [5.74, 6) is 0. The minimum atomic E-state index is 0.792. The summed E-state index contributed by atoms with van der Waals surface area (Å²) >= 11 is 0. The number of allylic oxidation sites excluding steroid dienone is 2. The topological polar surface area (TPSA) is 24.9 Å². The lowest BCUT2D eigenvalue weighted by atomic mass is 10.0. The van der Waals surface area contributed by atoms with Crippen LogP contribution in [-0.2, 0) is 0 Å². The highest BCUT2D eigenvalue weighted by Crippen LogP contribution is 2.25. The number of aryl methyl sites for hydroxylation is 1. The quantitative estimate of drug-likeness (QED) is 0.749. The van der Waals surface area contributed by atoms with Crippen molar-refractivity contribution in [2.24, 2.45) is 0 Å². The predicted molar refractivity (Wildman–Crippen MR) is 102 cm³/mol. The van der Waals surface area contributed by atoms with Crippen LogP contribution in [0.15, 0.2) is 49.7 Å². The fourth-order valence-electron chi connectivity index (χ4n) is 2.38. The summed E-state index contributed by atoms with van der Waals surface area (Å²) in [4.78, 5) is 4.59. The predicted octanol–water partition coefficient (Wildman–Crippen LogP) is 5.85. The van der Waals surface area contributed by atoms with Crippen LogP contribution in [0.5, 0.6) is 0 Å². The summed E-state index contributed by atoms with van der Waals surface area (Å²) in [6, 6.07) is 8.31. The van der Waals surface area contributed by atoms with Gasteiger partial charge in [-0.15, -0.1) is 0 Å². The lowest BCUT2D eigenvalue weighted by Gasteiger charge is -2.15. The number of hydrogen-bond acceptors (Lipinski definition) is 2. The number of pyridine rings is 1. The largest absolute Gasteiger partial charge is 0.354 e. The molecule has 0 fully saturated rings. The van der Waals surface area contributed by atoms with E-state index in [1.165, 1.54) is 11.1 Å². The fraction of sp³-hybridized carbons (Fsp3) is 0.190. The van der Waals surface area contributed by atoms with Gasteiger partial charge < -0.3 is 5.32 Å². The molecule has 0 atom stereocenters. The van der Waals surface area contributed by atoms with Gasteiger partial charge in [-0.3, -0.25) is 4.98 Å². The fourth-order valence-corrected chi connectivity index (χ4v) is 2.38. The summed E-state index contributed by atoms with van der Waals surface area (Å²) in [6.45, 7) is 16.4. The number of aromatic nitrogens is 1. The van der Waals surface area contributed by atoms with Gasteiger partial charge in [0.2, 0.25) is 0 Å². The molecule has 2 aromatic rings. The zero-order valence-corrected chi connectivity index (χ0v) is 14.4. The molecule has 0 aliphatic carbocycles. The number of benzene rings is 1. The smallest absolute Gasteiger partial charge is 0.0930 e. The van der Waals surface area contributed by atoms with Crippen LogP contribution in [-0.4, -0.2) is 4.98 Å². The van der Waals surface area contributed by atoms with E-state index in [1.54, 1.807) is 0 Å². The number of anilines is 1. The van der Waals surface area contributed by atoms with Gasteiger partial charge in [-0.25, -0.2) is 0 Å². The molecule has 1 aromatic heterocycles. The minimum Gasteiger partial charge on any atom is -0.354 e. The van der Waals surface area contributed by atoms with Crippen molar-refractivity contribution in [2.75, 3.05) is 5.32 Å². The van der Waals surface area contributed by atoms with E-state index in [0.717, 1.165) is 33.8 Å². The summed E-state index contributed by atoms with van der Waals surface area (Å²) in [6.07, 6.45) is 5.90. The van der Waals surface area contributed by atoms with Gasteiger partial charge in [0.1, 0.15) is 0 Å². The Hall–Kier alpha value is -2.61. The second-order valence-corrected chi connectivity index (χ2v) is 5.79. The molecule has 2 rings (SSSR count). The normalized spacial score (nSPS) is 10.8. The summed E-state index contributed by atoms with van der Waals surface area (Å²) in [5.41, 5.74) is 8.27. The van der Waals surface area contributed by atoms with Crippen molar-refractivity contribution in [1.29, 1.82) is 0 Å². The second-order valence-electron chi connectivity index (χ2n) is 5.79. The van der Waals surface area contributed by atoms with E-state index in [9.17, 15) is 0 Å². The van der Waals surface area contributed by atoms with E-state index in [4.69, 9.17) is 0 Å². The molecule has 1 heterocycles. The first-order chi connectivity index (χ1) is 10.9. The monoisotopic (exact) mass is 304 g/mol. The van der Waals surface area contributed by atoms with Crippen LogP contribution in [0, 0.1) is 13.8 Å². The molecule has 2 nitrogen and oxygen atoms in total. The Balaban J connectivity index is 2.39. The van der Waals surface area contributed by atoms with Crippen molar-refractivity contribution in [3.8, 4) is 0 Å². The lowest BCUT2D eigenvalue weighted by molar-refractivity contribution is 1.24. The molecule has 1 aromatic carbocycles. The summed E-state index contributed by atoms with van der Waals surface area (Å²) in [5, 5.41) is 3.40. The lowest BCUT2D eigenvalue weighted by Crippen LogP contribution is -2.04. The van der Waals surface area contributed by atoms with Crippen molar-refractivity contribution in [3.05, 3.63) is 77.6 Å². The van der Waals surface area contributed by atoms with Crippen molar-refractivity contribution in [3.63, 3.8) is 0 Å². The maximum Gasteiger partial charge on any atom is 0.0930 e. The molecule has 2 heteroatoms. The third-order valence-electron chi connectivity index (χ3n) is 3.93. The molecule has 23 heavy (non-hydrogen) atoms. The number of nitrogens with one attached hydrogen (secondary N) is 1. The molecule has 1 N–H and O–H groups in total. The Kier molecular flexibility index (Phi) is 5.17. The molecule has 0 bridgehead atoms. The molecule has 0 spiro atoms. The van der Waals surface area contributed by atoms with Crippen LogP contribution in [0.4, 0.5) is 5.69 Å². The molecule has 0 amide bonds. The van der Waals surface area contributed by atoms with Gasteiger partial charge in [-0.05, 0) is 62.1 Å². The average molecular weight is 304 g/mol. The first-order valence-corrected chi connectivity index (χ1v) is 7.75. The Bertz CT molecular complexity index is 782. The van der Waals surface area contributed by atoms with Gasteiger partial charge >= 0.3 is 0 Å². The van der Waals surface area contributed by atoms with E-state index >= 15 is 0 Å². The maximum atomic E-state index is 4.59. The molecular formula is C21H24N2. The van der Waals surface area contributed by atoms with Gasteiger partial charge in [0.25, 0.3) is 0 Å².